The summed E-state index contributed by atoms with van der Waals surface area (Å²) in [5.41, 5.74) is 5.48. The van der Waals surface area contributed by atoms with E-state index in [0.29, 0.717) is 16.8 Å². The van der Waals surface area contributed by atoms with Crippen LogP contribution in [0.5, 0.6) is 0 Å². The molecule has 0 heterocycles. The molecule has 0 fully saturated rings. The lowest BCUT2D eigenvalue weighted by atomic mass is 9.95. The standard InChI is InChI=1S/C13H18BrF2NO/c1-7(2)3-4-11(18)13(17)12-9(15)5-8(14)6-10(12)16/h5-7,11,13,18H,3-4,17H2,1-2H3/t11-,13-/m0/s1. The number of aliphatic hydroxyl groups excluding tert-OH is 1. The van der Waals surface area contributed by atoms with Crippen molar-refractivity contribution in [2.45, 2.75) is 38.8 Å². The first-order chi connectivity index (χ1) is 8.32. The first kappa shape index (κ1) is 15.5. The summed E-state index contributed by atoms with van der Waals surface area (Å²) in [6, 6.07) is 1.25. The molecule has 0 saturated heterocycles. The van der Waals surface area contributed by atoms with Crippen molar-refractivity contribution in [3.8, 4) is 0 Å². The highest BCUT2D eigenvalue weighted by atomic mass is 79.9. The average Bonchev–Trinajstić information content (AvgIpc) is 2.24. The summed E-state index contributed by atoms with van der Waals surface area (Å²) in [6.45, 7) is 4.03. The lowest BCUT2D eigenvalue weighted by Crippen LogP contribution is -2.28. The predicted octanol–water partition coefficient (Wildman–Crippen LogP) is 3.52. The van der Waals surface area contributed by atoms with Gasteiger partial charge in [0.2, 0.25) is 0 Å². The van der Waals surface area contributed by atoms with E-state index in [1.807, 2.05) is 13.8 Å². The summed E-state index contributed by atoms with van der Waals surface area (Å²) in [7, 11) is 0. The van der Waals surface area contributed by atoms with Crippen LogP contribution in [0.15, 0.2) is 16.6 Å². The van der Waals surface area contributed by atoms with E-state index >= 15 is 0 Å². The monoisotopic (exact) mass is 321 g/mol. The number of hydrogen-bond acceptors (Lipinski definition) is 2. The first-order valence-electron chi connectivity index (χ1n) is 5.91. The van der Waals surface area contributed by atoms with Crippen molar-refractivity contribution in [1.82, 2.24) is 0 Å². The van der Waals surface area contributed by atoms with Gasteiger partial charge in [0.1, 0.15) is 11.6 Å². The number of benzene rings is 1. The van der Waals surface area contributed by atoms with Crippen molar-refractivity contribution in [2.75, 3.05) is 0 Å². The lowest BCUT2D eigenvalue weighted by Gasteiger charge is -2.21. The van der Waals surface area contributed by atoms with Crippen molar-refractivity contribution in [3.05, 3.63) is 33.8 Å². The number of halogens is 3. The Labute approximate surface area is 114 Å². The largest absolute Gasteiger partial charge is 0.391 e. The van der Waals surface area contributed by atoms with Crippen LogP contribution in [0, 0.1) is 17.6 Å². The maximum atomic E-state index is 13.7. The van der Waals surface area contributed by atoms with Crippen LogP contribution in [-0.4, -0.2) is 11.2 Å². The third-order valence-electron chi connectivity index (χ3n) is 2.83. The molecule has 0 aliphatic heterocycles. The number of rotatable bonds is 5. The zero-order valence-electron chi connectivity index (χ0n) is 10.5. The molecule has 0 aliphatic carbocycles. The van der Waals surface area contributed by atoms with Crippen LogP contribution in [-0.2, 0) is 0 Å². The molecule has 1 rings (SSSR count). The quantitative estimate of drug-likeness (QED) is 0.871. The Morgan fingerprint density at radius 3 is 2.17 bits per heavy atom. The molecule has 1 aromatic rings. The molecule has 0 amide bonds. The molecule has 0 unspecified atom stereocenters. The molecule has 18 heavy (non-hydrogen) atoms. The van der Waals surface area contributed by atoms with Crippen LogP contribution >= 0.6 is 15.9 Å². The molecule has 2 atom stereocenters. The van der Waals surface area contributed by atoms with E-state index < -0.39 is 23.8 Å². The van der Waals surface area contributed by atoms with Crippen LogP contribution in [0.25, 0.3) is 0 Å². The van der Waals surface area contributed by atoms with E-state index in [4.69, 9.17) is 5.73 Å². The number of nitrogens with two attached hydrogens (primary N) is 1. The minimum Gasteiger partial charge on any atom is -0.391 e. The summed E-state index contributed by atoms with van der Waals surface area (Å²) >= 11 is 3.00. The minimum absolute atomic E-state index is 0.255. The summed E-state index contributed by atoms with van der Waals surface area (Å²) in [4.78, 5) is 0. The average molecular weight is 322 g/mol. The third kappa shape index (κ3) is 4.00. The van der Waals surface area contributed by atoms with Gasteiger partial charge in [-0.1, -0.05) is 29.8 Å². The smallest absolute Gasteiger partial charge is 0.132 e. The second-order valence-electron chi connectivity index (χ2n) is 4.85. The van der Waals surface area contributed by atoms with Gasteiger partial charge in [-0.05, 0) is 30.9 Å². The van der Waals surface area contributed by atoms with Crippen LogP contribution in [0.1, 0.15) is 38.3 Å². The van der Waals surface area contributed by atoms with Gasteiger partial charge in [0.15, 0.2) is 0 Å². The second kappa shape index (κ2) is 6.59. The van der Waals surface area contributed by atoms with Gasteiger partial charge in [0.05, 0.1) is 12.1 Å². The Kier molecular flexibility index (Phi) is 5.69. The van der Waals surface area contributed by atoms with Crippen LogP contribution < -0.4 is 5.73 Å². The fourth-order valence-corrected chi connectivity index (χ4v) is 2.15. The van der Waals surface area contributed by atoms with Gasteiger partial charge in [-0.2, -0.15) is 0 Å². The molecule has 0 bridgehead atoms. The Morgan fingerprint density at radius 2 is 1.72 bits per heavy atom. The van der Waals surface area contributed by atoms with Gasteiger partial charge in [-0.3, -0.25) is 0 Å². The van der Waals surface area contributed by atoms with E-state index in [0.717, 1.165) is 18.6 Å². The summed E-state index contributed by atoms with van der Waals surface area (Å²) in [6.07, 6.45) is 0.236. The topological polar surface area (TPSA) is 46.2 Å². The van der Waals surface area contributed by atoms with Crippen molar-refractivity contribution in [2.24, 2.45) is 11.7 Å². The zero-order chi connectivity index (χ0) is 13.9. The predicted molar refractivity (Wildman–Crippen MR) is 71.1 cm³/mol. The number of hydrogen-bond donors (Lipinski definition) is 2. The molecule has 0 spiro atoms. The Hall–Kier alpha value is -0.520. The van der Waals surface area contributed by atoms with Gasteiger partial charge in [-0.25, -0.2) is 8.78 Å². The highest BCUT2D eigenvalue weighted by Gasteiger charge is 2.24. The zero-order valence-corrected chi connectivity index (χ0v) is 12.0. The van der Waals surface area contributed by atoms with E-state index in [1.54, 1.807) is 0 Å². The maximum absolute atomic E-state index is 13.7. The minimum atomic E-state index is -1.04. The van der Waals surface area contributed by atoms with Crippen molar-refractivity contribution < 1.29 is 13.9 Å². The fraction of sp³-hybridized carbons (Fsp3) is 0.538. The third-order valence-corrected chi connectivity index (χ3v) is 3.29. The van der Waals surface area contributed by atoms with Crippen LogP contribution in [0.2, 0.25) is 0 Å². The van der Waals surface area contributed by atoms with Crippen LogP contribution in [0.3, 0.4) is 0 Å². The molecule has 0 aromatic heterocycles. The van der Waals surface area contributed by atoms with Crippen molar-refractivity contribution in [1.29, 1.82) is 0 Å². The highest BCUT2D eigenvalue weighted by Crippen LogP contribution is 2.27. The normalized spacial score (nSPS) is 14.9. The van der Waals surface area contributed by atoms with E-state index in [-0.39, 0.29) is 5.56 Å². The summed E-state index contributed by atoms with van der Waals surface area (Å²) in [5, 5.41) is 9.87. The summed E-state index contributed by atoms with van der Waals surface area (Å²) < 4.78 is 27.6. The molecule has 3 N–H and O–H groups in total. The van der Waals surface area contributed by atoms with Gasteiger partial charge in [-0.15, -0.1) is 0 Å². The Bertz CT molecular complexity index is 389. The van der Waals surface area contributed by atoms with Crippen molar-refractivity contribution in [3.63, 3.8) is 0 Å². The number of aliphatic hydroxyl groups is 1. The molecule has 1 aromatic carbocycles. The van der Waals surface area contributed by atoms with Gasteiger partial charge >= 0.3 is 0 Å². The molecule has 102 valence electrons. The molecule has 0 saturated carbocycles. The summed E-state index contributed by atoms with van der Waals surface area (Å²) in [5.74, 6) is -1.07. The SMILES string of the molecule is CC(C)CC[C@H](O)[C@H](N)c1c(F)cc(Br)cc1F. The van der Waals surface area contributed by atoms with Gasteiger partial charge in [0, 0.05) is 10.0 Å². The van der Waals surface area contributed by atoms with E-state index in [9.17, 15) is 13.9 Å². The second-order valence-corrected chi connectivity index (χ2v) is 5.76. The molecular formula is C13H18BrF2NO. The van der Waals surface area contributed by atoms with Gasteiger partial charge in [0.25, 0.3) is 0 Å². The molecule has 0 aliphatic rings. The van der Waals surface area contributed by atoms with E-state index in [1.165, 1.54) is 0 Å². The Morgan fingerprint density at radius 1 is 1.22 bits per heavy atom. The highest BCUT2D eigenvalue weighted by molar-refractivity contribution is 9.10. The maximum Gasteiger partial charge on any atom is 0.132 e. The van der Waals surface area contributed by atoms with Crippen molar-refractivity contribution >= 4 is 15.9 Å². The van der Waals surface area contributed by atoms with Crippen LogP contribution in [0.4, 0.5) is 8.78 Å². The Balaban J connectivity index is 2.86. The lowest BCUT2D eigenvalue weighted by molar-refractivity contribution is 0.125. The molecule has 0 radical (unpaired) electrons. The fourth-order valence-electron chi connectivity index (χ4n) is 1.75. The first-order valence-corrected chi connectivity index (χ1v) is 6.70. The van der Waals surface area contributed by atoms with Gasteiger partial charge < -0.3 is 10.8 Å². The molecule has 2 nitrogen and oxygen atoms in total. The molecular weight excluding hydrogens is 304 g/mol. The van der Waals surface area contributed by atoms with E-state index in [2.05, 4.69) is 15.9 Å². The molecule has 5 heteroatoms.